The van der Waals surface area contributed by atoms with Crippen molar-refractivity contribution >= 4 is 26.7 Å². The second kappa shape index (κ2) is 5.63. The highest BCUT2D eigenvalue weighted by atomic mass is 32.2. The lowest BCUT2D eigenvalue weighted by atomic mass is 9.92. The molecule has 5 nitrogen and oxygen atoms in total. The predicted octanol–water partition coefficient (Wildman–Crippen LogP) is 3.55. The monoisotopic (exact) mass is 341 g/mol. The molecule has 0 saturated carbocycles. The largest absolute Gasteiger partial charge is 0.342 e. The first-order chi connectivity index (χ1) is 11.5. The van der Waals surface area contributed by atoms with Crippen LogP contribution in [-0.2, 0) is 22.9 Å². The van der Waals surface area contributed by atoms with Crippen LogP contribution in [0.15, 0.2) is 41.3 Å². The lowest BCUT2D eigenvalue weighted by Gasteiger charge is -2.17. The van der Waals surface area contributed by atoms with Gasteiger partial charge in [0.05, 0.1) is 21.6 Å². The third kappa shape index (κ3) is 2.78. The predicted molar refractivity (Wildman–Crippen MR) is 94.7 cm³/mol. The summed E-state index contributed by atoms with van der Waals surface area (Å²) in [5.41, 5.74) is 4.60. The van der Waals surface area contributed by atoms with E-state index in [1.165, 1.54) is 12.0 Å². The van der Waals surface area contributed by atoms with Crippen molar-refractivity contribution in [1.82, 2.24) is 9.97 Å². The average molecular weight is 341 g/mol. The fourth-order valence-electron chi connectivity index (χ4n) is 3.29. The van der Waals surface area contributed by atoms with Crippen LogP contribution >= 0.6 is 0 Å². The van der Waals surface area contributed by atoms with E-state index in [1.807, 2.05) is 25.1 Å². The normalized spacial score (nSPS) is 14.5. The van der Waals surface area contributed by atoms with Crippen LogP contribution < -0.4 is 4.72 Å². The molecule has 0 saturated heterocycles. The van der Waals surface area contributed by atoms with Crippen LogP contribution in [0.5, 0.6) is 0 Å². The number of benzene rings is 2. The smallest absolute Gasteiger partial charge is 0.261 e. The number of aromatic nitrogens is 2. The Labute approximate surface area is 141 Å². The first-order valence-corrected chi connectivity index (χ1v) is 9.61. The molecule has 24 heavy (non-hydrogen) atoms. The zero-order valence-corrected chi connectivity index (χ0v) is 14.3. The zero-order chi connectivity index (χ0) is 16.7. The van der Waals surface area contributed by atoms with Crippen molar-refractivity contribution in [1.29, 1.82) is 0 Å². The lowest BCUT2D eigenvalue weighted by Crippen LogP contribution is -2.14. The van der Waals surface area contributed by atoms with Gasteiger partial charge in [-0.1, -0.05) is 6.07 Å². The van der Waals surface area contributed by atoms with Crippen molar-refractivity contribution in [2.24, 2.45) is 0 Å². The highest BCUT2D eigenvalue weighted by Gasteiger charge is 2.18. The van der Waals surface area contributed by atoms with Gasteiger partial charge in [0.15, 0.2) is 0 Å². The zero-order valence-electron chi connectivity index (χ0n) is 13.5. The van der Waals surface area contributed by atoms with Crippen molar-refractivity contribution < 1.29 is 8.42 Å². The molecule has 124 valence electrons. The van der Waals surface area contributed by atoms with Crippen molar-refractivity contribution in [3.8, 4) is 0 Å². The lowest BCUT2D eigenvalue weighted by molar-refractivity contribution is 0.600. The molecule has 1 aliphatic carbocycles. The molecule has 1 heterocycles. The molecule has 3 aromatic rings. The summed E-state index contributed by atoms with van der Waals surface area (Å²) in [5.74, 6) is 0.805. The summed E-state index contributed by atoms with van der Waals surface area (Å²) in [7, 11) is -3.59. The Morgan fingerprint density at radius 2 is 1.83 bits per heavy atom. The third-order valence-electron chi connectivity index (χ3n) is 4.48. The van der Waals surface area contributed by atoms with Gasteiger partial charge in [-0.2, -0.15) is 0 Å². The minimum Gasteiger partial charge on any atom is -0.342 e. The molecule has 0 amide bonds. The van der Waals surface area contributed by atoms with Gasteiger partial charge >= 0.3 is 0 Å². The quantitative estimate of drug-likeness (QED) is 0.765. The minimum atomic E-state index is -3.59. The molecule has 2 N–H and O–H groups in total. The van der Waals surface area contributed by atoms with Crippen LogP contribution in [0.1, 0.15) is 29.8 Å². The highest BCUT2D eigenvalue weighted by molar-refractivity contribution is 7.92. The van der Waals surface area contributed by atoms with Crippen LogP contribution in [0, 0.1) is 6.92 Å². The van der Waals surface area contributed by atoms with Crippen molar-refractivity contribution in [2.45, 2.75) is 37.5 Å². The summed E-state index contributed by atoms with van der Waals surface area (Å²) in [5, 5.41) is 0. The second-order valence-electron chi connectivity index (χ2n) is 6.30. The Kier molecular flexibility index (Phi) is 3.57. The molecule has 1 aromatic heterocycles. The van der Waals surface area contributed by atoms with E-state index in [4.69, 9.17) is 0 Å². The third-order valence-corrected chi connectivity index (χ3v) is 5.86. The van der Waals surface area contributed by atoms with E-state index >= 15 is 0 Å². The number of anilines is 1. The first kappa shape index (κ1) is 15.2. The van der Waals surface area contributed by atoms with Gasteiger partial charge in [0.2, 0.25) is 0 Å². The van der Waals surface area contributed by atoms with Crippen molar-refractivity contribution in [3.63, 3.8) is 0 Å². The summed E-state index contributed by atoms with van der Waals surface area (Å²) in [6.07, 6.45) is 4.30. The molecular weight excluding hydrogens is 322 g/mol. The number of imidazole rings is 1. The summed E-state index contributed by atoms with van der Waals surface area (Å²) in [6, 6.07) is 10.8. The van der Waals surface area contributed by atoms with Gasteiger partial charge in [-0.25, -0.2) is 13.4 Å². The van der Waals surface area contributed by atoms with Crippen molar-refractivity contribution in [3.05, 3.63) is 53.3 Å². The average Bonchev–Trinajstić information content (AvgIpc) is 2.93. The fraction of sp³-hybridized carbons (Fsp3) is 0.278. The van der Waals surface area contributed by atoms with Crippen LogP contribution in [0.4, 0.5) is 5.69 Å². The van der Waals surface area contributed by atoms with Crippen LogP contribution in [0.25, 0.3) is 11.0 Å². The van der Waals surface area contributed by atoms with Crippen molar-refractivity contribution in [2.75, 3.05) is 4.72 Å². The number of hydrogen-bond acceptors (Lipinski definition) is 3. The maximum Gasteiger partial charge on any atom is 0.261 e. The standard InChI is InChI=1S/C18H19N3O2S/c1-12-19-17-9-7-15(11-18(17)20-12)21-24(22,23)16-8-6-13-4-2-3-5-14(13)10-16/h6-11,21H,2-5H2,1H3,(H,19,20). The maximum absolute atomic E-state index is 12.7. The Hall–Kier alpha value is -2.34. The van der Waals surface area contributed by atoms with Crippen LogP contribution in [0.3, 0.4) is 0 Å². The van der Waals surface area contributed by atoms with Gasteiger partial charge in [0, 0.05) is 0 Å². The van der Waals surface area contributed by atoms with E-state index in [-0.39, 0.29) is 0 Å². The topological polar surface area (TPSA) is 74.8 Å². The van der Waals surface area contributed by atoms with Crippen LogP contribution in [0.2, 0.25) is 0 Å². The molecule has 0 fully saturated rings. The summed E-state index contributed by atoms with van der Waals surface area (Å²) in [6.45, 7) is 1.87. The Bertz CT molecular complexity index is 1020. The number of H-pyrrole nitrogens is 1. The molecule has 2 aromatic carbocycles. The van der Waals surface area contributed by atoms with Gasteiger partial charge in [-0.15, -0.1) is 0 Å². The van der Waals surface area contributed by atoms with Gasteiger partial charge in [0.25, 0.3) is 10.0 Å². The summed E-state index contributed by atoms with van der Waals surface area (Å²) < 4.78 is 28.1. The van der Waals surface area contributed by atoms with E-state index in [1.54, 1.807) is 18.2 Å². The number of hydrogen-bond donors (Lipinski definition) is 2. The Morgan fingerprint density at radius 1 is 1.04 bits per heavy atom. The van der Waals surface area contributed by atoms with Gasteiger partial charge in [-0.05, 0) is 74.1 Å². The summed E-state index contributed by atoms with van der Waals surface area (Å²) >= 11 is 0. The number of sulfonamides is 1. The van der Waals surface area contributed by atoms with E-state index in [2.05, 4.69) is 14.7 Å². The molecule has 4 rings (SSSR count). The van der Waals surface area contributed by atoms with Gasteiger partial charge in [-0.3, -0.25) is 4.72 Å². The number of fused-ring (bicyclic) bond motifs is 2. The minimum absolute atomic E-state index is 0.323. The molecular formula is C18H19N3O2S. The molecule has 6 heteroatoms. The SMILES string of the molecule is Cc1nc2ccc(NS(=O)(=O)c3ccc4c(c3)CCCC4)cc2[nH]1. The molecule has 0 radical (unpaired) electrons. The fourth-order valence-corrected chi connectivity index (χ4v) is 4.39. The maximum atomic E-state index is 12.7. The summed E-state index contributed by atoms with van der Waals surface area (Å²) in [4.78, 5) is 7.77. The molecule has 0 aliphatic heterocycles. The number of aromatic amines is 1. The van der Waals surface area contributed by atoms with Gasteiger partial charge in [0.1, 0.15) is 5.82 Å². The van der Waals surface area contributed by atoms with E-state index in [9.17, 15) is 8.42 Å². The molecule has 0 spiro atoms. The molecule has 1 aliphatic rings. The first-order valence-electron chi connectivity index (χ1n) is 8.12. The number of aryl methyl sites for hydroxylation is 3. The van der Waals surface area contributed by atoms with Crippen LogP contribution in [-0.4, -0.2) is 18.4 Å². The number of nitrogens with one attached hydrogen (secondary N) is 2. The molecule has 0 unspecified atom stereocenters. The number of rotatable bonds is 3. The number of nitrogens with zero attached hydrogens (tertiary/aromatic N) is 1. The molecule has 0 bridgehead atoms. The Morgan fingerprint density at radius 3 is 2.67 bits per heavy atom. The van der Waals surface area contributed by atoms with E-state index < -0.39 is 10.0 Å². The van der Waals surface area contributed by atoms with E-state index in [0.29, 0.717) is 10.6 Å². The Balaban J connectivity index is 1.66. The van der Waals surface area contributed by atoms with Gasteiger partial charge < -0.3 is 4.98 Å². The van der Waals surface area contributed by atoms with E-state index in [0.717, 1.165) is 41.7 Å². The highest BCUT2D eigenvalue weighted by Crippen LogP contribution is 2.26. The second-order valence-corrected chi connectivity index (χ2v) is 7.98. The molecule has 0 atom stereocenters.